The van der Waals surface area contributed by atoms with Gasteiger partial charge in [0.1, 0.15) is 0 Å². The first-order valence-electron chi connectivity index (χ1n) is 4.82. The molecule has 0 unspecified atom stereocenters. The molecule has 0 aromatic heterocycles. The van der Waals surface area contributed by atoms with Crippen LogP contribution in [0.2, 0.25) is 0 Å². The van der Waals surface area contributed by atoms with E-state index in [1.54, 1.807) is 0 Å². The Bertz CT molecular complexity index is 165. The topological polar surface area (TPSA) is 47.3 Å². The van der Waals surface area contributed by atoms with Crippen molar-refractivity contribution >= 4 is 12.4 Å². The Balaban J connectivity index is 0.000000845. The molecule has 4 heteroatoms. The number of halogens is 1. The van der Waals surface area contributed by atoms with Gasteiger partial charge in [0.05, 0.1) is 12.7 Å². The van der Waals surface area contributed by atoms with Crippen molar-refractivity contribution in [3.63, 3.8) is 0 Å². The lowest BCUT2D eigenvalue weighted by Crippen LogP contribution is -2.49. The minimum Gasteiger partial charge on any atom is -0.376 e. The molecule has 2 fully saturated rings. The van der Waals surface area contributed by atoms with E-state index < -0.39 is 0 Å². The number of nitrogens with one attached hydrogen (secondary N) is 1. The molecule has 13 heavy (non-hydrogen) atoms. The second kappa shape index (κ2) is 4.13. The van der Waals surface area contributed by atoms with Crippen LogP contribution < -0.4 is 11.1 Å². The summed E-state index contributed by atoms with van der Waals surface area (Å²) in [6.45, 7) is 5.16. The lowest BCUT2D eigenvalue weighted by molar-refractivity contribution is 0.0952. The van der Waals surface area contributed by atoms with Gasteiger partial charge < -0.3 is 15.8 Å². The van der Waals surface area contributed by atoms with Gasteiger partial charge in [0.15, 0.2) is 0 Å². The van der Waals surface area contributed by atoms with Crippen molar-refractivity contribution in [3.8, 4) is 0 Å². The Morgan fingerprint density at radius 1 is 1.38 bits per heavy atom. The van der Waals surface area contributed by atoms with Gasteiger partial charge >= 0.3 is 0 Å². The van der Waals surface area contributed by atoms with Gasteiger partial charge in [-0.1, -0.05) is 0 Å². The number of hydrogen-bond donors (Lipinski definition) is 2. The first-order chi connectivity index (χ1) is 5.75. The van der Waals surface area contributed by atoms with Crippen LogP contribution in [0.4, 0.5) is 0 Å². The first kappa shape index (κ1) is 11.2. The summed E-state index contributed by atoms with van der Waals surface area (Å²) in [5.41, 5.74) is 6.43. The number of hydrogen-bond acceptors (Lipinski definition) is 3. The zero-order chi connectivity index (χ0) is 8.60. The summed E-state index contributed by atoms with van der Waals surface area (Å²) in [6, 6.07) is 0.250. The van der Waals surface area contributed by atoms with Gasteiger partial charge in [0.2, 0.25) is 0 Å². The highest BCUT2D eigenvalue weighted by atomic mass is 35.5. The van der Waals surface area contributed by atoms with Gasteiger partial charge in [-0.2, -0.15) is 0 Å². The summed E-state index contributed by atoms with van der Waals surface area (Å²) in [5, 5.41) is 3.36. The zero-order valence-corrected chi connectivity index (χ0v) is 8.90. The van der Waals surface area contributed by atoms with E-state index in [4.69, 9.17) is 10.5 Å². The van der Waals surface area contributed by atoms with E-state index in [9.17, 15) is 0 Å². The molecule has 1 spiro atoms. The van der Waals surface area contributed by atoms with Crippen molar-refractivity contribution in [1.29, 1.82) is 0 Å². The van der Waals surface area contributed by atoms with Gasteiger partial charge in [-0.3, -0.25) is 0 Å². The van der Waals surface area contributed by atoms with Crippen molar-refractivity contribution in [2.45, 2.75) is 31.9 Å². The molecular formula is C9H19ClN2O. The molecule has 0 bridgehead atoms. The predicted octanol–water partition coefficient (Wildman–Crippen LogP) is 0.524. The van der Waals surface area contributed by atoms with Crippen molar-refractivity contribution in [3.05, 3.63) is 0 Å². The van der Waals surface area contributed by atoms with Gasteiger partial charge in [-0.25, -0.2) is 0 Å². The smallest absolute Gasteiger partial charge is 0.0704 e. The Labute approximate surface area is 85.8 Å². The fourth-order valence-corrected chi connectivity index (χ4v) is 2.40. The number of piperidine rings is 1. The van der Waals surface area contributed by atoms with E-state index in [0.29, 0.717) is 5.41 Å². The van der Waals surface area contributed by atoms with Crippen LogP contribution >= 0.6 is 12.4 Å². The van der Waals surface area contributed by atoms with E-state index in [1.807, 2.05) is 0 Å². The lowest BCUT2D eigenvalue weighted by Gasteiger charge is -2.36. The molecule has 0 radical (unpaired) electrons. The molecule has 2 aliphatic heterocycles. The summed E-state index contributed by atoms with van der Waals surface area (Å²) in [7, 11) is 0. The van der Waals surface area contributed by atoms with E-state index in [-0.39, 0.29) is 24.6 Å². The van der Waals surface area contributed by atoms with Crippen molar-refractivity contribution in [2.75, 3.05) is 19.7 Å². The molecule has 78 valence electrons. The average Bonchev–Trinajstić information content (AvgIpc) is 2.37. The SMILES string of the molecule is C[C@H]1OCC2(CCNCC2)[C@H]1N.Cl. The summed E-state index contributed by atoms with van der Waals surface area (Å²) >= 11 is 0. The highest BCUT2D eigenvalue weighted by Crippen LogP contribution is 2.39. The summed E-state index contributed by atoms with van der Waals surface area (Å²) in [4.78, 5) is 0. The molecule has 2 saturated heterocycles. The monoisotopic (exact) mass is 206 g/mol. The maximum Gasteiger partial charge on any atom is 0.0704 e. The second-order valence-corrected chi connectivity index (χ2v) is 4.15. The van der Waals surface area contributed by atoms with Crippen LogP contribution in [0.25, 0.3) is 0 Å². The van der Waals surface area contributed by atoms with Gasteiger partial charge in [-0.05, 0) is 32.9 Å². The van der Waals surface area contributed by atoms with Crippen molar-refractivity contribution in [2.24, 2.45) is 11.1 Å². The maximum atomic E-state index is 6.14. The van der Waals surface area contributed by atoms with Gasteiger partial charge in [0.25, 0.3) is 0 Å². The third-order valence-corrected chi connectivity index (χ3v) is 3.45. The molecule has 0 aliphatic carbocycles. The normalized spacial score (nSPS) is 37.4. The molecule has 2 rings (SSSR count). The van der Waals surface area contributed by atoms with Crippen molar-refractivity contribution in [1.82, 2.24) is 5.32 Å². The van der Waals surface area contributed by atoms with E-state index in [2.05, 4.69) is 12.2 Å². The average molecular weight is 207 g/mol. The molecular weight excluding hydrogens is 188 g/mol. The van der Waals surface area contributed by atoms with Crippen LogP contribution in [0.5, 0.6) is 0 Å². The van der Waals surface area contributed by atoms with Crippen LogP contribution in [0, 0.1) is 5.41 Å². The Morgan fingerprint density at radius 2 is 2.00 bits per heavy atom. The van der Waals surface area contributed by atoms with Gasteiger partial charge in [-0.15, -0.1) is 12.4 Å². The number of ether oxygens (including phenoxy) is 1. The van der Waals surface area contributed by atoms with Crippen molar-refractivity contribution < 1.29 is 4.74 Å². The third kappa shape index (κ3) is 1.84. The van der Waals surface area contributed by atoms with E-state index in [1.165, 1.54) is 12.8 Å². The first-order valence-corrected chi connectivity index (χ1v) is 4.82. The molecule has 0 aromatic rings. The van der Waals surface area contributed by atoms with Crippen LogP contribution in [0.3, 0.4) is 0 Å². The zero-order valence-electron chi connectivity index (χ0n) is 8.08. The predicted molar refractivity (Wildman–Crippen MR) is 55.2 cm³/mol. The second-order valence-electron chi connectivity index (χ2n) is 4.15. The molecule has 2 atom stereocenters. The van der Waals surface area contributed by atoms with Crippen LogP contribution in [-0.4, -0.2) is 31.8 Å². The van der Waals surface area contributed by atoms with Crippen LogP contribution in [0.15, 0.2) is 0 Å². The lowest BCUT2D eigenvalue weighted by atomic mass is 9.74. The van der Waals surface area contributed by atoms with E-state index in [0.717, 1.165) is 19.7 Å². The maximum absolute atomic E-state index is 6.14. The largest absolute Gasteiger partial charge is 0.376 e. The summed E-state index contributed by atoms with van der Waals surface area (Å²) in [6.07, 6.45) is 2.61. The molecule has 0 saturated carbocycles. The van der Waals surface area contributed by atoms with Crippen LogP contribution in [-0.2, 0) is 4.74 Å². The molecule has 3 nitrogen and oxygen atoms in total. The third-order valence-electron chi connectivity index (χ3n) is 3.45. The molecule has 2 heterocycles. The quantitative estimate of drug-likeness (QED) is 0.608. The fraction of sp³-hybridized carbons (Fsp3) is 1.00. The molecule has 0 amide bonds. The summed E-state index contributed by atoms with van der Waals surface area (Å²) in [5.74, 6) is 0. The molecule has 2 aliphatic rings. The van der Waals surface area contributed by atoms with Crippen LogP contribution in [0.1, 0.15) is 19.8 Å². The molecule has 3 N–H and O–H groups in total. The molecule has 0 aromatic carbocycles. The van der Waals surface area contributed by atoms with E-state index >= 15 is 0 Å². The Hall–Kier alpha value is 0.170. The Morgan fingerprint density at radius 3 is 2.46 bits per heavy atom. The van der Waals surface area contributed by atoms with Gasteiger partial charge in [0, 0.05) is 11.5 Å². The number of nitrogens with two attached hydrogens (primary N) is 1. The number of rotatable bonds is 0. The minimum atomic E-state index is 0. The Kier molecular flexibility index (Phi) is 3.57. The summed E-state index contributed by atoms with van der Waals surface area (Å²) < 4.78 is 5.61. The highest BCUT2D eigenvalue weighted by Gasteiger charge is 2.46. The minimum absolute atomic E-state index is 0. The fourth-order valence-electron chi connectivity index (χ4n) is 2.40. The standard InChI is InChI=1S/C9H18N2O.ClH/c1-7-8(10)9(6-12-7)2-4-11-5-3-9;/h7-8,11H,2-6,10H2,1H3;1H/t7-,8+;/m1./s1. The highest BCUT2D eigenvalue weighted by molar-refractivity contribution is 5.85.